The van der Waals surface area contributed by atoms with E-state index in [1.165, 1.54) is 5.56 Å². The largest absolute Gasteiger partial charge is 0.280 e. The summed E-state index contributed by atoms with van der Waals surface area (Å²) in [6.45, 7) is 0. The van der Waals surface area contributed by atoms with Gasteiger partial charge >= 0.3 is 0 Å². The predicted molar refractivity (Wildman–Crippen MR) is 133 cm³/mol. The van der Waals surface area contributed by atoms with Crippen LogP contribution in [0, 0.1) is 0 Å². The predicted octanol–water partition coefficient (Wildman–Crippen LogP) is 5.20. The number of nitrogens with zero attached hydrogens (tertiary/aromatic N) is 4. The molecule has 0 radical (unpaired) electrons. The first kappa shape index (κ1) is 21.0. The summed E-state index contributed by atoms with van der Waals surface area (Å²) in [5.41, 5.74) is 5.18. The van der Waals surface area contributed by atoms with Crippen molar-refractivity contribution < 1.29 is 8.42 Å². The van der Waals surface area contributed by atoms with E-state index in [1.54, 1.807) is 34.1 Å². The third-order valence-electron chi connectivity index (χ3n) is 6.07. The van der Waals surface area contributed by atoms with Gasteiger partial charge in [-0.15, -0.1) is 21.5 Å². The summed E-state index contributed by atoms with van der Waals surface area (Å²) in [5.74, 6) is 0.696. The quantitative estimate of drug-likeness (QED) is 0.368. The van der Waals surface area contributed by atoms with E-state index in [0.29, 0.717) is 22.1 Å². The average Bonchev–Trinajstić information content (AvgIpc) is 3.53. The molecule has 3 aromatic heterocycles. The first-order valence-corrected chi connectivity index (χ1v) is 13.4. The van der Waals surface area contributed by atoms with Crippen molar-refractivity contribution in [2.45, 2.75) is 30.6 Å². The van der Waals surface area contributed by atoms with Gasteiger partial charge < -0.3 is 0 Å². The average molecular weight is 488 g/mol. The van der Waals surface area contributed by atoms with E-state index < -0.39 is 10.0 Å². The summed E-state index contributed by atoms with van der Waals surface area (Å²) in [6.07, 6.45) is 4.23. The van der Waals surface area contributed by atoms with E-state index >= 15 is 0 Å². The molecule has 0 spiro atoms. The molecule has 0 aliphatic heterocycles. The number of rotatable bonds is 5. The highest BCUT2D eigenvalue weighted by Gasteiger charge is 2.18. The molecule has 170 valence electrons. The van der Waals surface area contributed by atoms with Gasteiger partial charge in [-0.25, -0.2) is 8.42 Å². The molecule has 3 heterocycles. The summed E-state index contributed by atoms with van der Waals surface area (Å²) in [6, 6.07) is 20.4. The Morgan fingerprint density at radius 3 is 2.50 bits per heavy atom. The third kappa shape index (κ3) is 3.86. The smallest absolute Gasteiger partial charge is 0.261 e. The SMILES string of the molecule is O=S(=O)(Nc1ccc(-c2ccc3nnc(-c4cccs4)n3n2)cc1)c1ccc2c(c1)CCCC2. The van der Waals surface area contributed by atoms with Gasteiger partial charge in [0, 0.05) is 11.3 Å². The second-order valence-corrected chi connectivity index (χ2v) is 10.9. The van der Waals surface area contributed by atoms with Crippen LogP contribution in [-0.2, 0) is 22.9 Å². The molecule has 0 bridgehead atoms. The summed E-state index contributed by atoms with van der Waals surface area (Å²) < 4.78 is 30.4. The standard InChI is InChI=1S/C25H21N5O2S2/c31-34(32,21-12-9-17-4-1-2-5-19(17)16-21)29-20-10-7-18(8-11-20)22-13-14-24-26-27-25(30(24)28-22)23-6-3-15-33-23/h3,6-16,29H,1-2,4-5H2. The van der Waals surface area contributed by atoms with Crippen molar-refractivity contribution in [2.24, 2.45) is 0 Å². The highest BCUT2D eigenvalue weighted by Crippen LogP contribution is 2.27. The maximum absolute atomic E-state index is 13.0. The highest BCUT2D eigenvalue weighted by molar-refractivity contribution is 7.92. The van der Waals surface area contributed by atoms with Crippen molar-refractivity contribution in [1.29, 1.82) is 0 Å². The van der Waals surface area contributed by atoms with E-state index in [1.807, 2.05) is 53.9 Å². The molecular formula is C25H21N5O2S2. The number of anilines is 1. The summed E-state index contributed by atoms with van der Waals surface area (Å²) >= 11 is 1.58. The second-order valence-electron chi connectivity index (χ2n) is 8.31. The molecule has 0 atom stereocenters. The van der Waals surface area contributed by atoms with Crippen molar-refractivity contribution in [1.82, 2.24) is 19.8 Å². The zero-order valence-corrected chi connectivity index (χ0v) is 19.8. The van der Waals surface area contributed by atoms with Gasteiger partial charge in [-0.3, -0.25) is 4.72 Å². The number of nitrogens with one attached hydrogen (secondary N) is 1. The Hall–Kier alpha value is -3.56. The highest BCUT2D eigenvalue weighted by atomic mass is 32.2. The first-order chi connectivity index (χ1) is 16.6. The number of aromatic nitrogens is 4. The second kappa shape index (κ2) is 8.34. The van der Waals surface area contributed by atoms with Crippen LogP contribution in [-0.4, -0.2) is 28.2 Å². The Kier molecular flexibility index (Phi) is 5.15. The number of hydrogen-bond acceptors (Lipinski definition) is 6. The fourth-order valence-electron chi connectivity index (χ4n) is 4.30. The molecule has 34 heavy (non-hydrogen) atoms. The van der Waals surface area contributed by atoms with Crippen LogP contribution in [0.15, 0.2) is 77.0 Å². The fraction of sp³-hybridized carbons (Fsp3) is 0.160. The molecular weight excluding hydrogens is 466 g/mol. The number of aryl methyl sites for hydroxylation is 2. The van der Waals surface area contributed by atoms with Gasteiger partial charge in [-0.05, 0) is 84.7 Å². The Labute approximate surface area is 201 Å². The summed E-state index contributed by atoms with van der Waals surface area (Å²) in [5, 5.41) is 15.2. The van der Waals surface area contributed by atoms with Crippen molar-refractivity contribution >= 4 is 32.7 Å². The van der Waals surface area contributed by atoms with Crippen LogP contribution in [0.1, 0.15) is 24.0 Å². The van der Waals surface area contributed by atoms with Crippen molar-refractivity contribution in [3.8, 4) is 22.0 Å². The minimum Gasteiger partial charge on any atom is -0.280 e. The van der Waals surface area contributed by atoms with Crippen molar-refractivity contribution in [3.05, 3.63) is 83.2 Å². The first-order valence-electron chi connectivity index (χ1n) is 11.1. The van der Waals surface area contributed by atoms with Crippen molar-refractivity contribution in [2.75, 3.05) is 4.72 Å². The Balaban J connectivity index is 1.26. The number of hydrogen-bond donors (Lipinski definition) is 1. The molecule has 9 heteroatoms. The number of benzene rings is 2. The van der Waals surface area contributed by atoms with Crippen LogP contribution in [0.3, 0.4) is 0 Å². The lowest BCUT2D eigenvalue weighted by atomic mass is 9.92. The van der Waals surface area contributed by atoms with Gasteiger partial charge in [0.05, 0.1) is 15.5 Å². The van der Waals surface area contributed by atoms with E-state index in [4.69, 9.17) is 5.10 Å². The summed E-state index contributed by atoms with van der Waals surface area (Å²) in [4.78, 5) is 1.29. The van der Waals surface area contributed by atoms with Crippen LogP contribution in [0.2, 0.25) is 0 Å². The van der Waals surface area contributed by atoms with Gasteiger partial charge in [-0.1, -0.05) is 24.3 Å². The Morgan fingerprint density at radius 1 is 0.882 bits per heavy atom. The fourth-order valence-corrected chi connectivity index (χ4v) is 6.10. The molecule has 1 aliphatic rings. The van der Waals surface area contributed by atoms with E-state index in [2.05, 4.69) is 14.9 Å². The number of sulfonamides is 1. The third-order valence-corrected chi connectivity index (χ3v) is 8.31. The van der Waals surface area contributed by atoms with E-state index in [-0.39, 0.29) is 0 Å². The molecule has 0 saturated carbocycles. The summed E-state index contributed by atoms with van der Waals surface area (Å²) in [7, 11) is -3.66. The van der Waals surface area contributed by atoms with Crippen LogP contribution in [0.4, 0.5) is 5.69 Å². The molecule has 1 aliphatic carbocycles. The molecule has 2 aromatic carbocycles. The topological polar surface area (TPSA) is 89.2 Å². The lowest BCUT2D eigenvalue weighted by Crippen LogP contribution is -2.14. The van der Waals surface area contributed by atoms with Gasteiger partial charge in [-0.2, -0.15) is 9.61 Å². The Morgan fingerprint density at radius 2 is 1.71 bits per heavy atom. The van der Waals surface area contributed by atoms with Crippen LogP contribution < -0.4 is 4.72 Å². The maximum Gasteiger partial charge on any atom is 0.261 e. The molecule has 0 fully saturated rings. The molecule has 0 amide bonds. The zero-order valence-electron chi connectivity index (χ0n) is 18.2. The monoisotopic (exact) mass is 487 g/mol. The lowest BCUT2D eigenvalue weighted by molar-refractivity contribution is 0.600. The minimum atomic E-state index is -3.66. The Bertz CT molecular complexity index is 1590. The van der Waals surface area contributed by atoms with Crippen LogP contribution in [0.5, 0.6) is 0 Å². The minimum absolute atomic E-state index is 0.304. The zero-order chi connectivity index (χ0) is 23.1. The van der Waals surface area contributed by atoms with Gasteiger partial charge in [0.25, 0.3) is 10.0 Å². The van der Waals surface area contributed by atoms with Gasteiger partial charge in [0.2, 0.25) is 0 Å². The molecule has 7 nitrogen and oxygen atoms in total. The van der Waals surface area contributed by atoms with Crippen LogP contribution in [0.25, 0.3) is 27.6 Å². The van der Waals surface area contributed by atoms with E-state index in [0.717, 1.165) is 47.4 Å². The maximum atomic E-state index is 13.0. The number of fused-ring (bicyclic) bond motifs is 2. The van der Waals surface area contributed by atoms with Crippen molar-refractivity contribution in [3.63, 3.8) is 0 Å². The number of thiophene rings is 1. The van der Waals surface area contributed by atoms with Crippen LogP contribution >= 0.6 is 11.3 Å². The van der Waals surface area contributed by atoms with Gasteiger partial charge in [0.1, 0.15) is 0 Å². The van der Waals surface area contributed by atoms with Gasteiger partial charge in [0.15, 0.2) is 11.5 Å². The van der Waals surface area contributed by atoms with E-state index in [9.17, 15) is 8.42 Å². The molecule has 5 aromatic rings. The normalized spacial score (nSPS) is 13.6. The molecule has 0 unspecified atom stereocenters. The molecule has 1 N–H and O–H groups in total. The molecule has 0 saturated heterocycles. The lowest BCUT2D eigenvalue weighted by Gasteiger charge is -2.17. The molecule has 6 rings (SSSR count).